The van der Waals surface area contributed by atoms with Gasteiger partial charge in [0.05, 0.1) is 11.0 Å². The normalized spacial score (nSPS) is 22.1. The topological polar surface area (TPSA) is 57.6 Å². The minimum absolute atomic E-state index is 0.168. The molecular formula is C11H13Br2NO3S. The molecule has 1 aromatic rings. The molecule has 0 aliphatic carbocycles. The van der Waals surface area contributed by atoms with Crippen LogP contribution in [0.3, 0.4) is 0 Å². The quantitative estimate of drug-likeness (QED) is 0.831. The second kappa shape index (κ2) is 5.58. The number of hydrogen-bond acceptors (Lipinski definition) is 3. The molecule has 1 aliphatic rings. The summed E-state index contributed by atoms with van der Waals surface area (Å²) in [5, 5.41) is 9.59. The minimum atomic E-state index is -3.55. The molecule has 4 nitrogen and oxygen atoms in total. The molecular weight excluding hydrogens is 386 g/mol. The van der Waals surface area contributed by atoms with E-state index in [0.29, 0.717) is 28.3 Å². The number of halogens is 2. The van der Waals surface area contributed by atoms with Crippen LogP contribution in [0.5, 0.6) is 0 Å². The molecule has 0 amide bonds. The standard InChI is InChI=1S/C11H13Br2NO3S/c12-8-3-4-10(13)11(6-8)18(16,17)14-5-1-2-9(15)7-14/h3-4,6,9,15H,1-2,5,7H2/t9-/m0/s1. The lowest BCUT2D eigenvalue weighted by Gasteiger charge is -2.29. The Morgan fingerprint density at radius 3 is 2.72 bits per heavy atom. The Balaban J connectivity index is 2.38. The number of sulfonamides is 1. The highest BCUT2D eigenvalue weighted by Crippen LogP contribution is 2.29. The number of rotatable bonds is 2. The zero-order valence-corrected chi connectivity index (χ0v) is 13.5. The average molecular weight is 399 g/mol. The van der Waals surface area contributed by atoms with E-state index in [4.69, 9.17) is 0 Å². The predicted octanol–water partition coefficient (Wildman–Crippen LogP) is 2.36. The largest absolute Gasteiger partial charge is 0.392 e. The van der Waals surface area contributed by atoms with Crippen LogP contribution in [0, 0.1) is 0 Å². The van der Waals surface area contributed by atoms with Gasteiger partial charge in [0.1, 0.15) is 0 Å². The Hall–Kier alpha value is 0.0500. The Bertz CT molecular complexity index is 547. The molecule has 1 saturated heterocycles. The van der Waals surface area contributed by atoms with Gasteiger partial charge in [-0.15, -0.1) is 0 Å². The Morgan fingerprint density at radius 1 is 1.33 bits per heavy atom. The van der Waals surface area contributed by atoms with Gasteiger partial charge >= 0.3 is 0 Å². The molecule has 1 atom stereocenters. The Kier molecular flexibility index (Phi) is 4.48. The lowest BCUT2D eigenvalue weighted by atomic mass is 10.1. The first-order valence-corrected chi connectivity index (χ1v) is 8.57. The van der Waals surface area contributed by atoms with Gasteiger partial charge in [-0.2, -0.15) is 4.31 Å². The summed E-state index contributed by atoms with van der Waals surface area (Å²) in [6.07, 6.45) is 0.775. The van der Waals surface area contributed by atoms with Crippen molar-refractivity contribution in [1.82, 2.24) is 4.31 Å². The highest BCUT2D eigenvalue weighted by atomic mass is 79.9. The summed E-state index contributed by atoms with van der Waals surface area (Å²) >= 11 is 6.53. The monoisotopic (exact) mass is 397 g/mol. The van der Waals surface area contributed by atoms with Crippen molar-refractivity contribution < 1.29 is 13.5 Å². The molecule has 1 N–H and O–H groups in total. The molecule has 7 heteroatoms. The zero-order valence-electron chi connectivity index (χ0n) is 9.51. The molecule has 100 valence electrons. The second-order valence-corrected chi connectivity index (χ2v) is 7.91. The number of piperidine rings is 1. The van der Waals surface area contributed by atoms with E-state index in [0.717, 1.165) is 0 Å². The highest BCUT2D eigenvalue weighted by Gasteiger charge is 2.30. The molecule has 0 spiro atoms. The van der Waals surface area contributed by atoms with Crippen LogP contribution in [0.4, 0.5) is 0 Å². The number of aliphatic hydroxyl groups is 1. The third-order valence-electron chi connectivity index (χ3n) is 2.87. The molecule has 18 heavy (non-hydrogen) atoms. The third kappa shape index (κ3) is 2.96. The van der Waals surface area contributed by atoms with Crippen LogP contribution in [-0.2, 0) is 10.0 Å². The van der Waals surface area contributed by atoms with E-state index in [1.54, 1.807) is 18.2 Å². The van der Waals surface area contributed by atoms with Crippen LogP contribution < -0.4 is 0 Å². The SMILES string of the molecule is O=S(=O)(c1cc(Br)ccc1Br)N1CCC[C@H](O)C1. The van der Waals surface area contributed by atoms with Crippen LogP contribution in [0.1, 0.15) is 12.8 Å². The predicted molar refractivity (Wildman–Crippen MR) is 75.8 cm³/mol. The molecule has 0 saturated carbocycles. The molecule has 0 bridgehead atoms. The van der Waals surface area contributed by atoms with Crippen molar-refractivity contribution in [3.63, 3.8) is 0 Å². The van der Waals surface area contributed by atoms with Gasteiger partial charge in [-0.25, -0.2) is 8.42 Å². The molecule has 0 radical (unpaired) electrons. The first kappa shape index (κ1) is 14.5. The maximum Gasteiger partial charge on any atom is 0.244 e. The fourth-order valence-electron chi connectivity index (χ4n) is 1.95. The summed E-state index contributed by atoms with van der Waals surface area (Å²) in [7, 11) is -3.55. The van der Waals surface area contributed by atoms with Gasteiger partial charge < -0.3 is 5.11 Å². The lowest BCUT2D eigenvalue weighted by Crippen LogP contribution is -2.42. The van der Waals surface area contributed by atoms with Crippen molar-refractivity contribution in [1.29, 1.82) is 0 Å². The van der Waals surface area contributed by atoms with Crippen molar-refractivity contribution in [2.24, 2.45) is 0 Å². The van der Waals surface area contributed by atoms with Crippen molar-refractivity contribution in [3.8, 4) is 0 Å². The third-order valence-corrected chi connectivity index (χ3v) is 6.22. The maximum atomic E-state index is 12.5. The van der Waals surface area contributed by atoms with Gasteiger partial charge in [-0.05, 0) is 47.0 Å². The minimum Gasteiger partial charge on any atom is -0.392 e. The van der Waals surface area contributed by atoms with Crippen LogP contribution >= 0.6 is 31.9 Å². The van der Waals surface area contributed by atoms with E-state index in [1.165, 1.54) is 4.31 Å². The van der Waals surface area contributed by atoms with Crippen LogP contribution in [0.25, 0.3) is 0 Å². The highest BCUT2D eigenvalue weighted by molar-refractivity contribution is 9.11. The van der Waals surface area contributed by atoms with E-state index in [2.05, 4.69) is 31.9 Å². The fraction of sp³-hybridized carbons (Fsp3) is 0.455. The molecule has 1 aliphatic heterocycles. The van der Waals surface area contributed by atoms with Crippen LogP contribution in [0.15, 0.2) is 32.0 Å². The number of nitrogens with zero attached hydrogens (tertiary/aromatic N) is 1. The Labute approximate surface area is 123 Å². The first-order chi connectivity index (χ1) is 8.41. The van der Waals surface area contributed by atoms with Crippen molar-refractivity contribution >= 4 is 41.9 Å². The van der Waals surface area contributed by atoms with Gasteiger partial charge in [0, 0.05) is 22.0 Å². The van der Waals surface area contributed by atoms with Gasteiger partial charge in [0.25, 0.3) is 0 Å². The lowest BCUT2D eigenvalue weighted by molar-refractivity contribution is 0.108. The number of benzene rings is 1. The number of β-amino-alcohol motifs (C(OH)–C–C–N with tert-alkyl or cyclic N) is 1. The number of hydrogen-bond donors (Lipinski definition) is 1. The maximum absolute atomic E-state index is 12.5. The van der Waals surface area contributed by atoms with Crippen molar-refractivity contribution in [2.45, 2.75) is 23.8 Å². The van der Waals surface area contributed by atoms with E-state index in [1.807, 2.05) is 0 Å². The summed E-state index contributed by atoms with van der Waals surface area (Å²) < 4.78 is 27.5. The summed E-state index contributed by atoms with van der Waals surface area (Å²) in [5.74, 6) is 0. The molecule has 0 aromatic heterocycles. The second-order valence-electron chi connectivity index (χ2n) is 4.23. The fourth-order valence-corrected chi connectivity index (χ4v) is 4.93. The smallest absolute Gasteiger partial charge is 0.244 e. The van der Waals surface area contributed by atoms with E-state index < -0.39 is 16.1 Å². The first-order valence-electron chi connectivity index (χ1n) is 5.54. The summed E-state index contributed by atoms with van der Waals surface area (Å²) in [6.45, 7) is 0.625. The average Bonchev–Trinajstić information content (AvgIpc) is 2.32. The zero-order chi connectivity index (χ0) is 13.3. The van der Waals surface area contributed by atoms with Gasteiger partial charge in [-0.1, -0.05) is 15.9 Å². The van der Waals surface area contributed by atoms with Gasteiger partial charge in [0.15, 0.2) is 0 Å². The van der Waals surface area contributed by atoms with Crippen molar-refractivity contribution in [3.05, 3.63) is 27.1 Å². The van der Waals surface area contributed by atoms with Crippen LogP contribution in [0.2, 0.25) is 0 Å². The van der Waals surface area contributed by atoms with E-state index >= 15 is 0 Å². The molecule has 1 heterocycles. The Morgan fingerprint density at radius 2 is 2.06 bits per heavy atom. The van der Waals surface area contributed by atoms with Gasteiger partial charge in [-0.3, -0.25) is 0 Å². The van der Waals surface area contributed by atoms with E-state index in [9.17, 15) is 13.5 Å². The number of aliphatic hydroxyl groups excluding tert-OH is 1. The molecule has 0 unspecified atom stereocenters. The molecule has 1 aromatic carbocycles. The molecule has 1 fully saturated rings. The van der Waals surface area contributed by atoms with Gasteiger partial charge in [0.2, 0.25) is 10.0 Å². The summed E-state index contributed by atoms with van der Waals surface area (Å²) in [6, 6.07) is 5.03. The summed E-state index contributed by atoms with van der Waals surface area (Å²) in [4.78, 5) is 0.228. The van der Waals surface area contributed by atoms with Crippen molar-refractivity contribution in [2.75, 3.05) is 13.1 Å². The van der Waals surface area contributed by atoms with Crippen LogP contribution in [-0.4, -0.2) is 37.0 Å². The van der Waals surface area contributed by atoms with E-state index in [-0.39, 0.29) is 11.4 Å². The molecule has 2 rings (SSSR count). The summed E-state index contributed by atoms with van der Waals surface area (Å²) in [5.41, 5.74) is 0.